The van der Waals surface area contributed by atoms with E-state index < -0.39 is 12.1 Å². The molecule has 0 spiro atoms. The summed E-state index contributed by atoms with van der Waals surface area (Å²) in [7, 11) is 1.45. The van der Waals surface area contributed by atoms with E-state index in [1.54, 1.807) is 12.1 Å². The van der Waals surface area contributed by atoms with Gasteiger partial charge in [0.1, 0.15) is 17.6 Å². The molecule has 0 aliphatic carbocycles. The van der Waals surface area contributed by atoms with Gasteiger partial charge in [0, 0.05) is 29.7 Å². The fraction of sp³-hybridized carbons (Fsp3) is 0.167. The number of ether oxygens (including phenoxy) is 2. The molecule has 2 aromatic carbocycles. The van der Waals surface area contributed by atoms with Crippen molar-refractivity contribution in [3.63, 3.8) is 0 Å². The molecule has 0 amide bonds. The molecule has 0 aromatic heterocycles. The van der Waals surface area contributed by atoms with Crippen LogP contribution in [0.25, 0.3) is 5.57 Å². The van der Waals surface area contributed by atoms with Gasteiger partial charge in [-0.1, -0.05) is 6.07 Å². The lowest BCUT2D eigenvalue weighted by Gasteiger charge is -2.16. The van der Waals surface area contributed by atoms with Crippen molar-refractivity contribution in [2.45, 2.75) is 12.5 Å². The second-order valence-corrected chi connectivity index (χ2v) is 5.44. The number of benzene rings is 2. The van der Waals surface area contributed by atoms with Crippen LogP contribution >= 0.6 is 0 Å². The standard InChI is InChI=1S/C18H16O6/c1-23-17-7-10(2-5-14(17)20)6-16-13(9-18(22)24-16)12-4-3-11(19)8-15(12)21/h2-5,7-9,16,19-21H,6H2,1H3/t16-/m0/s1. The molecule has 0 saturated carbocycles. The zero-order valence-electron chi connectivity index (χ0n) is 12.9. The number of aromatic hydroxyl groups is 3. The van der Waals surface area contributed by atoms with Crippen molar-refractivity contribution in [1.82, 2.24) is 0 Å². The minimum Gasteiger partial charge on any atom is -0.508 e. The predicted molar refractivity (Wildman–Crippen MR) is 86.0 cm³/mol. The first-order valence-corrected chi connectivity index (χ1v) is 7.28. The lowest BCUT2D eigenvalue weighted by Crippen LogP contribution is -2.14. The van der Waals surface area contributed by atoms with Crippen LogP contribution in [-0.2, 0) is 16.0 Å². The van der Waals surface area contributed by atoms with Gasteiger partial charge < -0.3 is 24.8 Å². The second-order valence-electron chi connectivity index (χ2n) is 5.44. The number of cyclic esters (lactones) is 1. The Morgan fingerprint density at radius 3 is 2.58 bits per heavy atom. The van der Waals surface area contributed by atoms with Crippen molar-refractivity contribution in [2.75, 3.05) is 7.11 Å². The van der Waals surface area contributed by atoms with Gasteiger partial charge in [0.05, 0.1) is 7.11 Å². The van der Waals surface area contributed by atoms with E-state index in [0.29, 0.717) is 23.3 Å². The van der Waals surface area contributed by atoms with Gasteiger partial charge in [-0.3, -0.25) is 0 Å². The molecule has 0 radical (unpaired) electrons. The average Bonchev–Trinajstić information content (AvgIpc) is 2.89. The molecule has 3 rings (SSSR count). The molecule has 1 heterocycles. The van der Waals surface area contributed by atoms with Gasteiger partial charge in [0.25, 0.3) is 0 Å². The van der Waals surface area contributed by atoms with Crippen LogP contribution in [-0.4, -0.2) is 34.5 Å². The molecular weight excluding hydrogens is 312 g/mol. The molecule has 0 saturated heterocycles. The van der Waals surface area contributed by atoms with Crippen molar-refractivity contribution in [3.05, 3.63) is 53.6 Å². The number of methoxy groups -OCH3 is 1. The highest BCUT2D eigenvalue weighted by molar-refractivity contribution is 5.98. The van der Waals surface area contributed by atoms with Crippen LogP contribution in [0.1, 0.15) is 11.1 Å². The maximum Gasteiger partial charge on any atom is 0.331 e. The minimum absolute atomic E-state index is 0.0246. The Morgan fingerprint density at radius 2 is 1.88 bits per heavy atom. The fourth-order valence-electron chi connectivity index (χ4n) is 2.69. The topological polar surface area (TPSA) is 96.2 Å². The number of phenols is 3. The third-order valence-corrected chi connectivity index (χ3v) is 3.84. The van der Waals surface area contributed by atoms with Crippen molar-refractivity contribution in [1.29, 1.82) is 0 Å². The first kappa shape index (κ1) is 15.7. The molecule has 2 aromatic rings. The van der Waals surface area contributed by atoms with E-state index in [4.69, 9.17) is 9.47 Å². The third-order valence-electron chi connectivity index (χ3n) is 3.84. The summed E-state index contributed by atoms with van der Waals surface area (Å²) >= 11 is 0. The SMILES string of the molecule is COc1cc(C[C@@H]2OC(=O)C=C2c2ccc(O)cc2O)ccc1O. The molecule has 1 aliphatic heterocycles. The lowest BCUT2D eigenvalue weighted by molar-refractivity contribution is -0.138. The number of phenolic OH excluding ortho intramolecular Hbond substituents is 3. The highest BCUT2D eigenvalue weighted by atomic mass is 16.5. The summed E-state index contributed by atoms with van der Waals surface area (Å²) in [5.74, 6) is -0.339. The van der Waals surface area contributed by atoms with Crippen LogP contribution in [0.5, 0.6) is 23.0 Å². The van der Waals surface area contributed by atoms with Gasteiger partial charge in [0.2, 0.25) is 0 Å². The monoisotopic (exact) mass is 328 g/mol. The van der Waals surface area contributed by atoms with Gasteiger partial charge in [-0.2, -0.15) is 0 Å². The van der Waals surface area contributed by atoms with Gasteiger partial charge in [0.15, 0.2) is 11.5 Å². The van der Waals surface area contributed by atoms with Crippen molar-refractivity contribution >= 4 is 11.5 Å². The highest BCUT2D eigenvalue weighted by Gasteiger charge is 2.29. The molecule has 1 atom stereocenters. The molecule has 3 N–H and O–H groups in total. The van der Waals surface area contributed by atoms with Crippen molar-refractivity contribution < 1.29 is 29.6 Å². The third kappa shape index (κ3) is 2.99. The maximum absolute atomic E-state index is 11.7. The van der Waals surface area contributed by atoms with Gasteiger partial charge in [-0.25, -0.2) is 4.79 Å². The van der Waals surface area contributed by atoms with Crippen LogP contribution in [0.4, 0.5) is 0 Å². The normalized spacial score (nSPS) is 16.6. The van der Waals surface area contributed by atoms with E-state index >= 15 is 0 Å². The smallest absolute Gasteiger partial charge is 0.331 e. The number of rotatable bonds is 4. The van der Waals surface area contributed by atoms with E-state index in [9.17, 15) is 20.1 Å². The van der Waals surface area contributed by atoms with E-state index in [2.05, 4.69) is 0 Å². The molecule has 0 fully saturated rings. The van der Waals surface area contributed by atoms with Gasteiger partial charge in [-0.15, -0.1) is 0 Å². The van der Waals surface area contributed by atoms with Crippen LogP contribution in [0.15, 0.2) is 42.5 Å². The summed E-state index contributed by atoms with van der Waals surface area (Å²) in [4.78, 5) is 11.7. The number of hydrogen-bond donors (Lipinski definition) is 3. The Hall–Kier alpha value is -3.15. The summed E-state index contributed by atoms with van der Waals surface area (Å²) < 4.78 is 10.4. The highest BCUT2D eigenvalue weighted by Crippen LogP contribution is 2.36. The molecule has 6 heteroatoms. The molecule has 0 unspecified atom stereocenters. The molecule has 124 valence electrons. The van der Waals surface area contributed by atoms with Crippen molar-refractivity contribution in [3.8, 4) is 23.0 Å². The maximum atomic E-state index is 11.7. The summed E-state index contributed by atoms with van der Waals surface area (Å²) in [6, 6.07) is 9.04. The molecule has 6 nitrogen and oxygen atoms in total. The number of carbonyl (C=O) groups is 1. The predicted octanol–water partition coefficient (Wildman–Crippen LogP) is 2.36. The lowest BCUT2D eigenvalue weighted by atomic mass is 9.95. The van der Waals surface area contributed by atoms with Gasteiger partial charge in [-0.05, 0) is 29.8 Å². The summed E-state index contributed by atoms with van der Waals surface area (Å²) in [5, 5.41) is 29.1. The number of esters is 1. The fourth-order valence-corrected chi connectivity index (χ4v) is 2.69. The quantitative estimate of drug-likeness (QED) is 0.746. The summed E-state index contributed by atoms with van der Waals surface area (Å²) in [6.45, 7) is 0. The van der Waals surface area contributed by atoms with E-state index in [-0.39, 0.29) is 17.2 Å². The molecule has 24 heavy (non-hydrogen) atoms. The summed E-state index contributed by atoms with van der Waals surface area (Å²) in [5.41, 5.74) is 1.76. The largest absolute Gasteiger partial charge is 0.508 e. The van der Waals surface area contributed by atoms with Crippen LogP contribution in [0.3, 0.4) is 0 Å². The second kappa shape index (κ2) is 6.16. The molecular formula is C18H16O6. The van der Waals surface area contributed by atoms with Gasteiger partial charge >= 0.3 is 5.97 Å². The zero-order valence-corrected chi connectivity index (χ0v) is 12.9. The van der Waals surface area contributed by atoms with E-state index in [1.807, 2.05) is 0 Å². The Morgan fingerprint density at radius 1 is 1.08 bits per heavy atom. The van der Waals surface area contributed by atoms with Crippen LogP contribution < -0.4 is 4.74 Å². The van der Waals surface area contributed by atoms with Crippen molar-refractivity contribution in [2.24, 2.45) is 0 Å². The average molecular weight is 328 g/mol. The van der Waals surface area contributed by atoms with Crippen LogP contribution in [0.2, 0.25) is 0 Å². The number of carbonyl (C=O) groups excluding carboxylic acids is 1. The summed E-state index contributed by atoms with van der Waals surface area (Å²) in [6.07, 6.45) is 1.10. The van der Waals surface area contributed by atoms with E-state index in [0.717, 1.165) is 5.56 Å². The molecule has 0 bridgehead atoms. The molecule has 1 aliphatic rings. The Bertz CT molecular complexity index is 824. The first-order valence-electron chi connectivity index (χ1n) is 7.28. The Kier molecular flexibility index (Phi) is 4.04. The van der Waals surface area contributed by atoms with Crippen LogP contribution in [0, 0.1) is 0 Å². The zero-order chi connectivity index (χ0) is 17.3. The first-order chi connectivity index (χ1) is 11.5. The van der Waals surface area contributed by atoms with E-state index in [1.165, 1.54) is 37.5 Å². The Balaban J connectivity index is 1.90. The number of hydrogen-bond acceptors (Lipinski definition) is 6. The Labute approximate surface area is 138 Å². The minimum atomic E-state index is -0.581.